The van der Waals surface area contributed by atoms with Crippen molar-refractivity contribution in [2.24, 2.45) is 0 Å². The minimum atomic E-state index is -0.128. The summed E-state index contributed by atoms with van der Waals surface area (Å²) >= 11 is 0. The molecule has 0 heterocycles. The molecule has 1 amide bonds. The van der Waals surface area contributed by atoms with Gasteiger partial charge in [-0.25, -0.2) is 0 Å². The van der Waals surface area contributed by atoms with Crippen LogP contribution in [0.4, 0.5) is 11.4 Å². The van der Waals surface area contributed by atoms with Crippen molar-refractivity contribution in [3.8, 4) is 5.75 Å². The smallest absolute Gasteiger partial charge is 0.235 e. The summed E-state index contributed by atoms with van der Waals surface area (Å²) in [6, 6.07) is 14.6. The number of rotatable bonds is 12. The number of benzene rings is 2. The average molecular weight is 454 g/mol. The van der Waals surface area contributed by atoms with Crippen LogP contribution in [0.25, 0.3) is 0 Å². The number of amides is 1. The number of carbonyl (C=O) groups is 1. The molecule has 5 heteroatoms. The van der Waals surface area contributed by atoms with Gasteiger partial charge in [-0.2, -0.15) is 0 Å². The first-order valence-electron chi connectivity index (χ1n) is 12.2. The molecular formula is C28H43N3O2. The number of hydrogen-bond donors (Lipinski definition) is 3. The summed E-state index contributed by atoms with van der Waals surface area (Å²) in [5.41, 5.74) is 10.1. The maximum absolute atomic E-state index is 11.0. The molecule has 0 aromatic heterocycles. The Balaban J connectivity index is 2.14. The second-order valence-electron chi connectivity index (χ2n) is 10.1. The summed E-state index contributed by atoms with van der Waals surface area (Å²) in [6.45, 7) is 18.0. The van der Waals surface area contributed by atoms with Crippen LogP contribution < -0.4 is 20.9 Å². The number of ether oxygens (including phenoxy) is 1. The molecule has 0 saturated carbocycles. The molecule has 0 saturated heterocycles. The topological polar surface area (TPSA) is 62.4 Å². The van der Waals surface area contributed by atoms with Gasteiger partial charge < -0.3 is 10.1 Å². The monoisotopic (exact) mass is 453 g/mol. The van der Waals surface area contributed by atoms with Crippen LogP contribution in [0.3, 0.4) is 0 Å². The second-order valence-corrected chi connectivity index (χ2v) is 10.1. The van der Waals surface area contributed by atoms with E-state index in [9.17, 15) is 4.79 Å². The van der Waals surface area contributed by atoms with Gasteiger partial charge in [-0.05, 0) is 66.0 Å². The van der Waals surface area contributed by atoms with Gasteiger partial charge in [-0.3, -0.25) is 15.6 Å². The van der Waals surface area contributed by atoms with Gasteiger partial charge in [0.15, 0.2) is 0 Å². The molecule has 182 valence electrons. The van der Waals surface area contributed by atoms with Gasteiger partial charge in [0.2, 0.25) is 5.91 Å². The predicted octanol–water partition coefficient (Wildman–Crippen LogP) is 6.79. The van der Waals surface area contributed by atoms with Crippen LogP contribution in [0.2, 0.25) is 0 Å². The van der Waals surface area contributed by atoms with Crippen LogP contribution in [0, 0.1) is 0 Å². The zero-order valence-electron chi connectivity index (χ0n) is 21.8. The van der Waals surface area contributed by atoms with E-state index in [2.05, 4.69) is 82.8 Å². The molecule has 1 unspecified atom stereocenters. The van der Waals surface area contributed by atoms with Crippen molar-refractivity contribution in [3.05, 3.63) is 53.6 Å². The molecule has 0 radical (unpaired) electrons. The number of anilines is 2. The van der Waals surface area contributed by atoms with E-state index in [1.54, 1.807) is 0 Å². The zero-order valence-corrected chi connectivity index (χ0v) is 21.8. The van der Waals surface area contributed by atoms with E-state index in [0.717, 1.165) is 36.4 Å². The lowest BCUT2D eigenvalue weighted by Crippen LogP contribution is -2.28. The van der Waals surface area contributed by atoms with Crippen molar-refractivity contribution >= 4 is 17.3 Å². The van der Waals surface area contributed by atoms with Crippen molar-refractivity contribution in [3.63, 3.8) is 0 Å². The summed E-state index contributed by atoms with van der Waals surface area (Å²) in [6.07, 6.45) is 3.11. The standard InChI is InChI=1S/C28H43N3O2/c1-9-24(19-29-22-13-15-23(16-14-22)31-30-20(4)32)33-26-17-12-21(27(5,6)10-2)18-25(26)28(7,8)11-3/h12-18,24,29,31H,9-11,19H2,1-8H3,(H,30,32). The van der Waals surface area contributed by atoms with E-state index >= 15 is 0 Å². The molecule has 1 atom stereocenters. The Hall–Kier alpha value is -2.69. The largest absolute Gasteiger partial charge is 0.488 e. The average Bonchev–Trinajstić information content (AvgIpc) is 2.80. The highest BCUT2D eigenvalue weighted by Crippen LogP contribution is 2.39. The van der Waals surface area contributed by atoms with Gasteiger partial charge in [0, 0.05) is 18.2 Å². The van der Waals surface area contributed by atoms with Gasteiger partial charge in [-0.15, -0.1) is 0 Å². The van der Waals surface area contributed by atoms with Gasteiger partial charge in [0.1, 0.15) is 11.9 Å². The lowest BCUT2D eigenvalue weighted by atomic mass is 9.76. The third kappa shape index (κ3) is 7.41. The molecule has 33 heavy (non-hydrogen) atoms. The van der Waals surface area contributed by atoms with Gasteiger partial charge >= 0.3 is 0 Å². The highest BCUT2D eigenvalue weighted by Gasteiger charge is 2.27. The molecule has 2 rings (SSSR count). The fourth-order valence-electron chi connectivity index (χ4n) is 3.49. The van der Waals surface area contributed by atoms with Crippen molar-refractivity contribution in [2.75, 3.05) is 17.3 Å². The van der Waals surface area contributed by atoms with Gasteiger partial charge in [-0.1, -0.05) is 60.6 Å². The first kappa shape index (κ1) is 26.6. The van der Waals surface area contributed by atoms with Crippen LogP contribution in [-0.2, 0) is 15.6 Å². The Morgan fingerprint density at radius 2 is 1.52 bits per heavy atom. The van der Waals surface area contributed by atoms with Crippen LogP contribution in [0.1, 0.15) is 85.8 Å². The number of hydrogen-bond acceptors (Lipinski definition) is 4. The van der Waals surface area contributed by atoms with Crippen LogP contribution >= 0.6 is 0 Å². The zero-order chi connectivity index (χ0) is 24.6. The van der Waals surface area contributed by atoms with E-state index in [1.807, 2.05) is 24.3 Å². The van der Waals surface area contributed by atoms with Crippen molar-refractivity contribution in [1.29, 1.82) is 0 Å². The molecule has 0 aliphatic carbocycles. The summed E-state index contributed by atoms with van der Waals surface area (Å²) in [7, 11) is 0. The lowest BCUT2D eigenvalue weighted by Gasteiger charge is -2.31. The third-order valence-electron chi connectivity index (χ3n) is 6.81. The van der Waals surface area contributed by atoms with Gasteiger partial charge in [0.25, 0.3) is 0 Å². The number of carbonyl (C=O) groups excluding carboxylic acids is 1. The molecule has 0 bridgehead atoms. The number of nitrogens with one attached hydrogen (secondary N) is 3. The Morgan fingerprint density at radius 1 is 0.909 bits per heavy atom. The van der Waals surface area contributed by atoms with Crippen LogP contribution in [-0.4, -0.2) is 18.6 Å². The molecular weight excluding hydrogens is 410 g/mol. The first-order valence-corrected chi connectivity index (χ1v) is 12.2. The first-order chi connectivity index (χ1) is 15.5. The van der Waals surface area contributed by atoms with E-state index in [0.29, 0.717) is 6.54 Å². The summed E-state index contributed by atoms with van der Waals surface area (Å²) in [5, 5.41) is 3.48. The maximum atomic E-state index is 11.0. The van der Waals surface area contributed by atoms with E-state index in [4.69, 9.17) is 4.74 Å². The predicted molar refractivity (Wildman–Crippen MR) is 140 cm³/mol. The Morgan fingerprint density at radius 3 is 2.06 bits per heavy atom. The van der Waals surface area contributed by atoms with E-state index in [1.165, 1.54) is 18.1 Å². The molecule has 0 aliphatic rings. The third-order valence-corrected chi connectivity index (χ3v) is 6.81. The highest BCUT2D eigenvalue weighted by atomic mass is 16.5. The van der Waals surface area contributed by atoms with Crippen LogP contribution in [0.5, 0.6) is 5.75 Å². The minimum Gasteiger partial charge on any atom is -0.488 e. The van der Waals surface area contributed by atoms with Crippen molar-refractivity contribution in [1.82, 2.24) is 5.43 Å². The summed E-state index contributed by atoms with van der Waals surface area (Å²) < 4.78 is 6.57. The van der Waals surface area contributed by atoms with E-state index < -0.39 is 0 Å². The Kier molecular flexibility index (Phi) is 9.21. The van der Waals surface area contributed by atoms with Crippen molar-refractivity contribution < 1.29 is 9.53 Å². The minimum absolute atomic E-state index is 0.0393. The quantitative estimate of drug-likeness (QED) is 0.309. The summed E-state index contributed by atoms with van der Waals surface area (Å²) in [5.74, 6) is 0.859. The molecule has 2 aromatic carbocycles. The molecule has 0 spiro atoms. The Bertz CT molecular complexity index is 904. The molecule has 3 N–H and O–H groups in total. The summed E-state index contributed by atoms with van der Waals surface area (Å²) in [4.78, 5) is 11.0. The normalized spacial score (nSPS) is 12.7. The molecule has 0 aliphatic heterocycles. The molecule has 2 aromatic rings. The fourth-order valence-corrected chi connectivity index (χ4v) is 3.49. The van der Waals surface area contributed by atoms with Crippen LogP contribution in [0.15, 0.2) is 42.5 Å². The fraction of sp³-hybridized carbons (Fsp3) is 0.536. The maximum Gasteiger partial charge on any atom is 0.235 e. The van der Waals surface area contributed by atoms with Gasteiger partial charge in [0.05, 0.1) is 12.2 Å². The van der Waals surface area contributed by atoms with Crippen molar-refractivity contribution in [2.45, 2.75) is 91.6 Å². The SMILES string of the molecule is CCC(CNc1ccc(NNC(C)=O)cc1)Oc1ccc(C(C)(C)CC)cc1C(C)(C)CC. The Labute approximate surface area is 200 Å². The number of hydrazine groups is 1. The lowest BCUT2D eigenvalue weighted by molar-refractivity contribution is -0.118. The second kappa shape index (κ2) is 11.4. The molecule has 0 fully saturated rings. The molecule has 5 nitrogen and oxygen atoms in total. The highest BCUT2D eigenvalue weighted by molar-refractivity contribution is 5.74. The van der Waals surface area contributed by atoms with E-state index in [-0.39, 0.29) is 22.8 Å².